The van der Waals surface area contributed by atoms with E-state index in [0.717, 1.165) is 11.1 Å². The average molecular weight is 311 g/mol. The van der Waals surface area contributed by atoms with Crippen LogP contribution in [0, 0.1) is 19.7 Å². The van der Waals surface area contributed by atoms with E-state index in [-0.39, 0.29) is 23.6 Å². The van der Waals surface area contributed by atoms with Crippen molar-refractivity contribution in [3.8, 4) is 11.5 Å². The standard InChI is InChI=1S/C17H14FN3O2/c1-10-3-4-11(2)14(9-10)15(22)19-17-21-20-16(23-17)12-5-7-13(18)8-6-12/h3-9H,1-2H3,(H,19,21,22). The molecule has 0 saturated carbocycles. The predicted molar refractivity (Wildman–Crippen MR) is 83.6 cm³/mol. The van der Waals surface area contributed by atoms with Crippen LogP contribution in [-0.2, 0) is 0 Å². The van der Waals surface area contributed by atoms with Gasteiger partial charge in [0, 0.05) is 11.1 Å². The fourth-order valence-corrected chi connectivity index (χ4v) is 2.13. The van der Waals surface area contributed by atoms with Gasteiger partial charge in [-0.25, -0.2) is 4.39 Å². The number of nitrogens with zero attached hydrogens (tertiary/aromatic N) is 2. The Hall–Kier alpha value is -3.02. The van der Waals surface area contributed by atoms with Crippen molar-refractivity contribution < 1.29 is 13.6 Å². The predicted octanol–water partition coefficient (Wildman–Crippen LogP) is 3.74. The second-order valence-corrected chi connectivity index (χ2v) is 5.19. The number of amides is 1. The molecule has 0 aliphatic carbocycles. The van der Waals surface area contributed by atoms with E-state index in [9.17, 15) is 9.18 Å². The zero-order valence-corrected chi connectivity index (χ0v) is 12.6. The molecule has 2 aromatic carbocycles. The number of benzene rings is 2. The third-order valence-electron chi connectivity index (χ3n) is 3.37. The third-order valence-corrected chi connectivity index (χ3v) is 3.37. The van der Waals surface area contributed by atoms with Crippen LogP contribution < -0.4 is 5.32 Å². The molecule has 1 amide bonds. The van der Waals surface area contributed by atoms with E-state index in [4.69, 9.17) is 4.42 Å². The number of hydrogen-bond donors (Lipinski definition) is 1. The Morgan fingerprint density at radius 3 is 2.57 bits per heavy atom. The molecule has 0 radical (unpaired) electrons. The highest BCUT2D eigenvalue weighted by Crippen LogP contribution is 2.20. The van der Waals surface area contributed by atoms with Gasteiger partial charge in [-0.3, -0.25) is 10.1 Å². The molecule has 0 spiro atoms. The van der Waals surface area contributed by atoms with Crippen LogP contribution in [0.15, 0.2) is 46.9 Å². The average Bonchev–Trinajstić information content (AvgIpc) is 2.99. The van der Waals surface area contributed by atoms with Crippen LogP contribution >= 0.6 is 0 Å². The van der Waals surface area contributed by atoms with Gasteiger partial charge in [0.25, 0.3) is 5.91 Å². The van der Waals surface area contributed by atoms with E-state index >= 15 is 0 Å². The quantitative estimate of drug-likeness (QED) is 0.800. The lowest BCUT2D eigenvalue weighted by atomic mass is 10.1. The Morgan fingerprint density at radius 2 is 1.83 bits per heavy atom. The minimum atomic E-state index is -0.350. The first kappa shape index (κ1) is 14.9. The van der Waals surface area contributed by atoms with Crippen molar-refractivity contribution in [3.05, 3.63) is 65.0 Å². The lowest BCUT2D eigenvalue weighted by Crippen LogP contribution is -2.13. The Kier molecular flexibility index (Phi) is 3.89. The topological polar surface area (TPSA) is 68.0 Å². The lowest BCUT2D eigenvalue weighted by Gasteiger charge is -2.05. The SMILES string of the molecule is Cc1ccc(C)c(C(=O)Nc2nnc(-c3ccc(F)cc3)o2)c1. The first-order chi connectivity index (χ1) is 11.0. The molecule has 23 heavy (non-hydrogen) atoms. The minimum absolute atomic E-state index is 0.00442. The van der Waals surface area contributed by atoms with Crippen molar-refractivity contribution in [3.63, 3.8) is 0 Å². The summed E-state index contributed by atoms with van der Waals surface area (Å²) in [6, 6.07) is 11.3. The summed E-state index contributed by atoms with van der Waals surface area (Å²) in [5.74, 6) is -0.460. The van der Waals surface area contributed by atoms with Crippen LogP contribution in [0.1, 0.15) is 21.5 Å². The van der Waals surface area contributed by atoms with E-state index in [1.165, 1.54) is 24.3 Å². The van der Waals surface area contributed by atoms with Crippen molar-refractivity contribution in [1.82, 2.24) is 10.2 Å². The summed E-state index contributed by atoms with van der Waals surface area (Å²) in [6.07, 6.45) is 0. The normalized spacial score (nSPS) is 10.6. The van der Waals surface area contributed by atoms with Crippen LogP contribution in [0.2, 0.25) is 0 Å². The van der Waals surface area contributed by atoms with Crippen molar-refractivity contribution in [2.75, 3.05) is 5.32 Å². The molecule has 116 valence electrons. The summed E-state index contributed by atoms with van der Waals surface area (Å²) >= 11 is 0. The molecule has 0 fully saturated rings. The number of carbonyl (C=O) groups is 1. The van der Waals surface area contributed by atoms with Gasteiger partial charge in [-0.15, -0.1) is 5.10 Å². The minimum Gasteiger partial charge on any atom is -0.403 e. The molecule has 0 aliphatic rings. The van der Waals surface area contributed by atoms with Gasteiger partial charge in [0.1, 0.15) is 5.82 Å². The number of carbonyl (C=O) groups excluding carboxylic acids is 1. The zero-order chi connectivity index (χ0) is 16.4. The van der Waals surface area contributed by atoms with E-state index in [2.05, 4.69) is 15.5 Å². The number of hydrogen-bond acceptors (Lipinski definition) is 4. The van der Waals surface area contributed by atoms with Gasteiger partial charge < -0.3 is 4.42 Å². The number of anilines is 1. The maximum absolute atomic E-state index is 12.9. The van der Waals surface area contributed by atoms with Gasteiger partial charge in [-0.05, 0) is 49.7 Å². The highest BCUT2D eigenvalue weighted by molar-refractivity contribution is 6.04. The number of aromatic nitrogens is 2. The molecule has 1 N–H and O–H groups in total. The fourth-order valence-electron chi connectivity index (χ4n) is 2.13. The van der Waals surface area contributed by atoms with Gasteiger partial charge >= 0.3 is 6.01 Å². The lowest BCUT2D eigenvalue weighted by molar-refractivity contribution is 0.102. The first-order valence-corrected chi connectivity index (χ1v) is 7.01. The molecule has 0 unspecified atom stereocenters. The van der Waals surface area contributed by atoms with Gasteiger partial charge in [0.15, 0.2) is 0 Å². The zero-order valence-electron chi connectivity index (χ0n) is 12.6. The molecule has 5 nitrogen and oxygen atoms in total. The van der Waals surface area contributed by atoms with E-state index in [0.29, 0.717) is 11.1 Å². The maximum Gasteiger partial charge on any atom is 0.322 e. The summed E-state index contributed by atoms with van der Waals surface area (Å²) in [7, 11) is 0. The van der Waals surface area contributed by atoms with Gasteiger partial charge in [0.2, 0.25) is 5.89 Å². The van der Waals surface area contributed by atoms with Crippen LogP contribution in [0.25, 0.3) is 11.5 Å². The number of aryl methyl sites for hydroxylation is 2. The summed E-state index contributed by atoms with van der Waals surface area (Å²) in [4.78, 5) is 12.3. The Bertz CT molecular complexity index is 857. The second kappa shape index (κ2) is 6.00. The highest BCUT2D eigenvalue weighted by Gasteiger charge is 2.14. The van der Waals surface area contributed by atoms with Crippen molar-refractivity contribution in [2.45, 2.75) is 13.8 Å². The maximum atomic E-state index is 12.9. The van der Waals surface area contributed by atoms with Crippen molar-refractivity contribution >= 4 is 11.9 Å². The second-order valence-electron chi connectivity index (χ2n) is 5.19. The van der Waals surface area contributed by atoms with Gasteiger partial charge in [-0.2, -0.15) is 0 Å². The van der Waals surface area contributed by atoms with E-state index in [1.807, 2.05) is 26.0 Å². The number of nitrogens with one attached hydrogen (secondary N) is 1. The molecule has 0 bridgehead atoms. The first-order valence-electron chi connectivity index (χ1n) is 7.01. The molecule has 3 rings (SSSR count). The summed E-state index contributed by atoms with van der Waals surface area (Å²) in [5, 5.41) is 10.2. The molecular formula is C17H14FN3O2. The largest absolute Gasteiger partial charge is 0.403 e. The number of rotatable bonds is 3. The number of halogens is 1. The Morgan fingerprint density at radius 1 is 1.09 bits per heavy atom. The summed E-state index contributed by atoms with van der Waals surface area (Å²) in [6.45, 7) is 3.77. The molecule has 0 atom stereocenters. The van der Waals surface area contributed by atoms with Crippen LogP contribution in [0.4, 0.5) is 10.4 Å². The molecular weight excluding hydrogens is 297 g/mol. The van der Waals surface area contributed by atoms with Crippen LogP contribution in [-0.4, -0.2) is 16.1 Å². The van der Waals surface area contributed by atoms with Crippen molar-refractivity contribution in [1.29, 1.82) is 0 Å². The molecule has 0 saturated heterocycles. The fraction of sp³-hybridized carbons (Fsp3) is 0.118. The van der Waals surface area contributed by atoms with Gasteiger partial charge in [0.05, 0.1) is 0 Å². The van der Waals surface area contributed by atoms with Crippen LogP contribution in [0.3, 0.4) is 0 Å². The van der Waals surface area contributed by atoms with E-state index in [1.54, 1.807) is 6.07 Å². The summed E-state index contributed by atoms with van der Waals surface area (Å²) in [5.41, 5.74) is 2.96. The van der Waals surface area contributed by atoms with Gasteiger partial charge in [-0.1, -0.05) is 22.8 Å². The third kappa shape index (κ3) is 3.26. The molecule has 1 heterocycles. The molecule has 0 aliphatic heterocycles. The smallest absolute Gasteiger partial charge is 0.322 e. The highest BCUT2D eigenvalue weighted by atomic mass is 19.1. The monoisotopic (exact) mass is 311 g/mol. The Labute approximate surface area is 132 Å². The van der Waals surface area contributed by atoms with Crippen molar-refractivity contribution in [2.24, 2.45) is 0 Å². The molecule has 1 aromatic heterocycles. The van der Waals surface area contributed by atoms with E-state index < -0.39 is 0 Å². The Balaban J connectivity index is 1.80. The summed E-state index contributed by atoms with van der Waals surface area (Å²) < 4.78 is 18.3. The molecule has 3 aromatic rings. The molecule has 6 heteroatoms. The van der Waals surface area contributed by atoms with Crippen LogP contribution in [0.5, 0.6) is 0 Å².